The van der Waals surface area contributed by atoms with E-state index in [4.69, 9.17) is 5.73 Å². The lowest BCUT2D eigenvalue weighted by Gasteiger charge is -2.32. The average molecular weight is 241 g/mol. The lowest BCUT2D eigenvalue weighted by Crippen LogP contribution is -2.42. The number of carbonyl (C=O) groups excluding carboxylic acids is 1. The number of hydrogen-bond donors (Lipinski definition) is 1. The maximum absolute atomic E-state index is 12.2. The van der Waals surface area contributed by atoms with E-state index in [1.165, 1.54) is 0 Å². The molecule has 0 unspecified atom stereocenters. The maximum atomic E-state index is 12.2. The van der Waals surface area contributed by atoms with Gasteiger partial charge >= 0.3 is 0 Å². The fourth-order valence-corrected chi connectivity index (χ4v) is 2.40. The molecule has 4 heteroatoms. The van der Waals surface area contributed by atoms with Crippen molar-refractivity contribution in [3.05, 3.63) is 0 Å². The van der Waals surface area contributed by atoms with Gasteiger partial charge in [0.1, 0.15) is 0 Å². The largest absolute Gasteiger partial charge is 0.346 e. The Kier molecular flexibility index (Phi) is 6.52. The van der Waals surface area contributed by atoms with Gasteiger partial charge < -0.3 is 15.5 Å². The van der Waals surface area contributed by atoms with Gasteiger partial charge in [0.2, 0.25) is 5.91 Å². The number of nitrogens with two attached hydrogens (primary N) is 1. The molecule has 0 aromatic rings. The molecule has 1 aliphatic rings. The molecule has 0 radical (unpaired) electrons. The van der Waals surface area contributed by atoms with Crippen LogP contribution in [0.3, 0.4) is 0 Å². The molecule has 100 valence electrons. The van der Waals surface area contributed by atoms with E-state index in [0.29, 0.717) is 5.91 Å². The Hall–Kier alpha value is -0.610. The molecule has 2 N–H and O–H groups in total. The summed E-state index contributed by atoms with van der Waals surface area (Å²) in [4.78, 5) is 16.4. The first-order valence-corrected chi connectivity index (χ1v) is 6.86. The third kappa shape index (κ3) is 4.64. The van der Waals surface area contributed by atoms with Crippen molar-refractivity contribution in [2.24, 2.45) is 11.7 Å². The van der Waals surface area contributed by atoms with Crippen LogP contribution in [0, 0.1) is 5.92 Å². The Balaban J connectivity index is 2.30. The summed E-state index contributed by atoms with van der Waals surface area (Å²) in [6.07, 6.45) is 4.24. The van der Waals surface area contributed by atoms with Crippen molar-refractivity contribution in [2.45, 2.75) is 32.6 Å². The normalized spacial score (nSPS) is 18.3. The molecule has 0 atom stereocenters. The van der Waals surface area contributed by atoms with Crippen molar-refractivity contribution in [1.82, 2.24) is 9.80 Å². The standard InChI is InChI=1S/C13H27N3O/c1-3-4-8-15(2)13(17)12-5-9-16(10-6-12)11-7-14/h12H,3-11,14H2,1-2H3. The molecule has 1 aliphatic heterocycles. The zero-order chi connectivity index (χ0) is 12.7. The minimum absolute atomic E-state index is 0.242. The minimum atomic E-state index is 0.242. The van der Waals surface area contributed by atoms with Gasteiger partial charge in [0.15, 0.2) is 0 Å². The van der Waals surface area contributed by atoms with Crippen LogP contribution in [0.25, 0.3) is 0 Å². The van der Waals surface area contributed by atoms with Gasteiger partial charge in [-0.2, -0.15) is 0 Å². The Morgan fingerprint density at radius 2 is 2.06 bits per heavy atom. The minimum Gasteiger partial charge on any atom is -0.346 e. The monoisotopic (exact) mass is 241 g/mol. The van der Waals surface area contributed by atoms with Gasteiger partial charge in [0, 0.05) is 32.6 Å². The van der Waals surface area contributed by atoms with Gasteiger partial charge in [-0.25, -0.2) is 0 Å². The van der Waals surface area contributed by atoms with Crippen LogP contribution in [-0.2, 0) is 4.79 Å². The molecule has 17 heavy (non-hydrogen) atoms. The van der Waals surface area contributed by atoms with Gasteiger partial charge in [-0.15, -0.1) is 0 Å². The highest BCUT2D eigenvalue weighted by atomic mass is 16.2. The number of unbranched alkanes of at least 4 members (excludes halogenated alkanes) is 1. The summed E-state index contributed by atoms with van der Waals surface area (Å²) in [5.41, 5.74) is 5.54. The van der Waals surface area contributed by atoms with Gasteiger partial charge in [-0.05, 0) is 32.4 Å². The molecule has 1 heterocycles. The van der Waals surface area contributed by atoms with Gasteiger partial charge in [-0.1, -0.05) is 13.3 Å². The molecule has 4 nitrogen and oxygen atoms in total. The zero-order valence-corrected chi connectivity index (χ0v) is 11.3. The molecule has 0 spiro atoms. The molecular formula is C13H27N3O. The Morgan fingerprint density at radius 1 is 1.41 bits per heavy atom. The van der Waals surface area contributed by atoms with Gasteiger partial charge in [-0.3, -0.25) is 4.79 Å². The third-order valence-corrected chi connectivity index (χ3v) is 3.61. The SMILES string of the molecule is CCCCN(C)C(=O)C1CCN(CCN)CC1. The number of carbonyl (C=O) groups is 1. The van der Waals surface area contributed by atoms with Crippen molar-refractivity contribution < 1.29 is 4.79 Å². The highest BCUT2D eigenvalue weighted by Crippen LogP contribution is 2.19. The quantitative estimate of drug-likeness (QED) is 0.752. The second-order valence-electron chi connectivity index (χ2n) is 5.02. The van der Waals surface area contributed by atoms with Crippen LogP contribution < -0.4 is 5.73 Å². The predicted molar refractivity (Wildman–Crippen MR) is 70.8 cm³/mol. The third-order valence-electron chi connectivity index (χ3n) is 3.61. The van der Waals surface area contributed by atoms with E-state index < -0.39 is 0 Å². The fraction of sp³-hybridized carbons (Fsp3) is 0.923. The number of nitrogens with zero attached hydrogens (tertiary/aromatic N) is 2. The molecule has 0 saturated carbocycles. The molecule has 1 saturated heterocycles. The van der Waals surface area contributed by atoms with Crippen LogP contribution in [0.2, 0.25) is 0 Å². The molecule has 1 fully saturated rings. The summed E-state index contributed by atoms with van der Waals surface area (Å²) in [5, 5.41) is 0. The van der Waals surface area contributed by atoms with Gasteiger partial charge in [0.25, 0.3) is 0 Å². The van der Waals surface area contributed by atoms with E-state index in [9.17, 15) is 4.79 Å². The van der Waals surface area contributed by atoms with Gasteiger partial charge in [0.05, 0.1) is 0 Å². The Bertz CT molecular complexity index is 225. The topological polar surface area (TPSA) is 49.6 Å². The van der Waals surface area contributed by atoms with Crippen LogP contribution in [0.1, 0.15) is 32.6 Å². The fourth-order valence-electron chi connectivity index (χ4n) is 2.40. The number of piperidine rings is 1. The van der Waals surface area contributed by atoms with E-state index in [2.05, 4.69) is 11.8 Å². The molecular weight excluding hydrogens is 214 g/mol. The van der Waals surface area contributed by atoms with Crippen molar-refractivity contribution in [1.29, 1.82) is 0 Å². The van der Waals surface area contributed by atoms with E-state index >= 15 is 0 Å². The smallest absolute Gasteiger partial charge is 0.225 e. The van der Waals surface area contributed by atoms with E-state index in [1.54, 1.807) is 0 Å². The highest BCUT2D eigenvalue weighted by Gasteiger charge is 2.26. The molecule has 0 aliphatic carbocycles. The first-order chi connectivity index (χ1) is 8.19. The lowest BCUT2D eigenvalue weighted by molar-refractivity contribution is -0.135. The number of rotatable bonds is 6. The Labute approximate surface area is 105 Å². The molecule has 0 aromatic heterocycles. The molecule has 1 amide bonds. The first-order valence-electron chi connectivity index (χ1n) is 6.86. The van der Waals surface area contributed by atoms with Crippen LogP contribution in [0.4, 0.5) is 0 Å². The summed E-state index contributed by atoms with van der Waals surface area (Å²) < 4.78 is 0. The summed E-state index contributed by atoms with van der Waals surface area (Å²) in [6.45, 7) is 6.79. The lowest BCUT2D eigenvalue weighted by atomic mass is 9.95. The van der Waals surface area contributed by atoms with Crippen LogP contribution in [-0.4, -0.2) is 55.5 Å². The zero-order valence-electron chi connectivity index (χ0n) is 11.3. The van der Waals surface area contributed by atoms with Crippen molar-refractivity contribution in [3.63, 3.8) is 0 Å². The number of hydrogen-bond acceptors (Lipinski definition) is 3. The highest BCUT2D eigenvalue weighted by molar-refractivity contribution is 5.78. The van der Waals surface area contributed by atoms with Crippen molar-refractivity contribution >= 4 is 5.91 Å². The molecule has 1 rings (SSSR count). The van der Waals surface area contributed by atoms with Crippen LogP contribution >= 0.6 is 0 Å². The van der Waals surface area contributed by atoms with E-state index in [1.807, 2.05) is 11.9 Å². The van der Waals surface area contributed by atoms with E-state index in [0.717, 1.165) is 58.4 Å². The van der Waals surface area contributed by atoms with Crippen LogP contribution in [0.15, 0.2) is 0 Å². The average Bonchev–Trinajstić information content (AvgIpc) is 2.36. The predicted octanol–water partition coefficient (Wildman–Crippen LogP) is 0.916. The first kappa shape index (κ1) is 14.5. The number of amides is 1. The maximum Gasteiger partial charge on any atom is 0.225 e. The van der Waals surface area contributed by atoms with E-state index in [-0.39, 0.29) is 5.92 Å². The van der Waals surface area contributed by atoms with Crippen molar-refractivity contribution in [3.8, 4) is 0 Å². The molecule has 0 bridgehead atoms. The van der Waals surface area contributed by atoms with Crippen LogP contribution in [0.5, 0.6) is 0 Å². The summed E-state index contributed by atoms with van der Waals surface area (Å²) >= 11 is 0. The molecule has 0 aromatic carbocycles. The second kappa shape index (κ2) is 7.67. The second-order valence-corrected chi connectivity index (χ2v) is 5.02. The Morgan fingerprint density at radius 3 is 2.59 bits per heavy atom. The number of likely N-dealkylation sites (tertiary alicyclic amines) is 1. The summed E-state index contributed by atoms with van der Waals surface area (Å²) in [6, 6.07) is 0. The summed E-state index contributed by atoms with van der Waals surface area (Å²) in [7, 11) is 1.93. The summed E-state index contributed by atoms with van der Waals surface area (Å²) in [5.74, 6) is 0.580. The van der Waals surface area contributed by atoms with Crippen molar-refractivity contribution in [2.75, 3.05) is 39.8 Å².